The monoisotopic (exact) mass is 268 g/mol. The van der Waals surface area contributed by atoms with Gasteiger partial charge < -0.3 is 4.90 Å². The van der Waals surface area contributed by atoms with Crippen molar-refractivity contribution in [2.75, 3.05) is 13.6 Å². The van der Waals surface area contributed by atoms with Crippen molar-refractivity contribution >= 4 is 0 Å². The summed E-state index contributed by atoms with van der Waals surface area (Å²) in [5.74, 6) is -0.402. The number of nitriles is 1. The summed E-state index contributed by atoms with van der Waals surface area (Å²) in [6.45, 7) is 1.08. The summed E-state index contributed by atoms with van der Waals surface area (Å²) in [6.07, 6.45) is 0. The van der Waals surface area contributed by atoms with E-state index in [1.165, 1.54) is 6.07 Å². The first-order chi connectivity index (χ1) is 9.70. The molecule has 2 rings (SSSR count). The van der Waals surface area contributed by atoms with Gasteiger partial charge in [0.05, 0.1) is 12.0 Å². The Balaban J connectivity index is 2.02. The zero-order valence-electron chi connectivity index (χ0n) is 11.5. The number of benzene rings is 2. The Hall–Kier alpha value is -2.18. The van der Waals surface area contributed by atoms with E-state index in [0.717, 1.165) is 5.56 Å². The molecule has 1 atom stereocenters. The molecule has 102 valence electrons. The lowest BCUT2D eigenvalue weighted by molar-refractivity contribution is 0.315. The zero-order chi connectivity index (χ0) is 14.4. The molecule has 0 spiro atoms. The molecule has 1 unspecified atom stereocenters. The second-order valence-corrected chi connectivity index (χ2v) is 4.88. The molecule has 0 aliphatic rings. The summed E-state index contributed by atoms with van der Waals surface area (Å²) in [6, 6.07) is 18.7. The highest BCUT2D eigenvalue weighted by molar-refractivity contribution is 5.25. The van der Waals surface area contributed by atoms with Crippen molar-refractivity contribution in [2.24, 2.45) is 0 Å². The van der Waals surface area contributed by atoms with Crippen LogP contribution in [0.4, 0.5) is 4.39 Å². The average molecular weight is 268 g/mol. The third kappa shape index (κ3) is 3.66. The number of nitrogens with zero attached hydrogens (tertiary/aromatic N) is 2. The molecule has 0 aromatic heterocycles. The molecule has 0 fully saturated rings. The fourth-order valence-electron chi connectivity index (χ4n) is 2.20. The van der Waals surface area contributed by atoms with Crippen molar-refractivity contribution in [3.63, 3.8) is 0 Å². The number of halogens is 1. The lowest BCUT2D eigenvalue weighted by atomic mass is 10.00. The van der Waals surface area contributed by atoms with E-state index in [1.54, 1.807) is 12.1 Å². The molecule has 3 heteroatoms. The van der Waals surface area contributed by atoms with Gasteiger partial charge in [0.2, 0.25) is 0 Å². The van der Waals surface area contributed by atoms with E-state index in [-0.39, 0.29) is 11.7 Å². The second-order valence-electron chi connectivity index (χ2n) is 4.88. The molecular formula is C17H17FN2. The van der Waals surface area contributed by atoms with Gasteiger partial charge in [0, 0.05) is 18.7 Å². The minimum Gasteiger partial charge on any atom is -0.300 e. The molecule has 0 saturated carbocycles. The van der Waals surface area contributed by atoms with E-state index in [1.807, 2.05) is 48.3 Å². The molecule has 0 saturated heterocycles. The Kier molecular flexibility index (Phi) is 4.86. The minimum absolute atomic E-state index is 0.201. The van der Waals surface area contributed by atoms with Gasteiger partial charge in [-0.15, -0.1) is 0 Å². The molecule has 0 N–H and O–H groups in total. The topological polar surface area (TPSA) is 27.0 Å². The lowest BCUT2D eigenvalue weighted by Crippen LogP contribution is -2.24. The van der Waals surface area contributed by atoms with Crippen LogP contribution in [-0.2, 0) is 6.54 Å². The van der Waals surface area contributed by atoms with E-state index in [0.29, 0.717) is 18.7 Å². The number of hydrogen-bond donors (Lipinski definition) is 0. The van der Waals surface area contributed by atoms with Gasteiger partial charge in [0.25, 0.3) is 0 Å². The summed E-state index contributed by atoms with van der Waals surface area (Å²) < 4.78 is 13.6. The first-order valence-corrected chi connectivity index (χ1v) is 6.57. The van der Waals surface area contributed by atoms with Crippen molar-refractivity contribution in [3.8, 4) is 6.07 Å². The van der Waals surface area contributed by atoms with E-state index in [9.17, 15) is 9.65 Å². The van der Waals surface area contributed by atoms with Crippen LogP contribution >= 0.6 is 0 Å². The van der Waals surface area contributed by atoms with Crippen LogP contribution in [0.3, 0.4) is 0 Å². The van der Waals surface area contributed by atoms with Crippen molar-refractivity contribution in [3.05, 3.63) is 71.5 Å². The summed E-state index contributed by atoms with van der Waals surface area (Å²) >= 11 is 0. The molecule has 0 aliphatic carbocycles. The number of likely N-dealkylation sites (N-methyl/N-ethyl adjacent to an activating group) is 1. The van der Waals surface area contributed by atoms with Crippen LogP contribution < -0.4 is 0 Å². The molecule has 2 aromatic rings. The first kappa shape index (κ1) is 14.2. The highest BCUT2D eigenvalue weighted by atomic mass is 19.1. The number of hydrogen-bond acceptors (Lipinski definition) is 2. The molecular weight excluding hydrogens is 251 g/mol. The highest BCUT2D eigenvalue weighted by Gasteiger charge is 2.14. The Morgan fingerprint density at radius 1 is 1.10 bits per heavy atom. The summed E-state index contributed by atoms with van der Waals surface area (Å²) in [5.41, 5.74) is 1.65. The van der Waals surface area contributed by atoms with Crippen LogP contribution in [0.15, 0.2) is 54.6 Å². The van der Waals surface area contributed by atoms with Gasteiger partial charge in [-0.05, 0) is 18.7 Å². The van der Waals surface area contributed by atoms with E-state index < -0.39 is 0 Å². The van der Waals surface area contributed by atoms with E-state index in [2.05, 4.69) is 6.07 Å². The minimum atomic E-state index is -0.201. The van der Waals surface area contributed by atoms with Crippen LogP contribution in [0, 0.1) is 17.1 Å². The van der Waals surface area contributed by atoms with Crippen molar-refractivity contribution in [2.45, 2.75) is 12.5 Å². The molecule has 20 heavy (non-hydrogen) atoms. The third-order valence-corrected chi connectivity index (χ3v) is 3.25. The van der Waals surface area contributed by atoms with Gasteiger partial charge in [0.15, 0.2) is 0 Å². The zero-order valence-corrected chi connectivity index (χ0v) is 11.5. The van der Waals surface area contributed by atoms with Crippen LogP contribution in [-0.4, -0.2) is 18.5 Å². The number of rotatable bonds is 5. The summed E-state index contributed by atoms with van der Waals surface area (Å²) in [7, 11) is 1.90. The van der Waals surface area contributed by atoms with Crippen LogP contribution in [0.5, 0.6) is 0 Å². The fraction of sp³-hybridized carbons (Fsp3) is 0.235. The SMILES string of the molecule is CN(Cc1ccccc1F)CC(C#N)c1ccccc1. The lowest BCUT2D eigenvalue weighted by Gasteiger charge is -2.20. The second kappa shape index (κ2) is 6.83. The van der Waals surface area contributed by atoms with Crippen molar-refractivity contribution < 1.29 is 4.39 Å². The van der Waals surface area contributed by atoms with Gasteiger partial charge in [-0.2, -0.15) is 5.26 Å². The first-order valence-electron chi connectivity index (χ1n) is 6.57. The van der Waals surface area contributed by atoms with Crippen molar-refractivity contribution in [1.82, 2.24) is 4.90 Å². The molecule has 0 heterocycles. The van der Waals surface area contributed by atoms with Gasteiger partial charge in [-0.25, -0.2) is 4.39 Å². The maximum absolute atomic E-state index is 13.6. The molecule has 0 bridgehead atoms. The Labute approximate surface area is 119 Å². The van der Waals surface area contributed by atoms with Crippen LogP contribution in [0.1, 0.15) is 17.0 Å². The molecule has 0 radical (unpaired) electrons. The predicted molar refractivity (Wildman–Crippen MR) is 77.5 cm³/mol. The Morgan fingerprint density at radius 3 is 2.40 bits per heavy atom. The molecule has 2 nitrogen and oxygen atoms in total. The van der Waals surface area contributed by atoms with Crippen molar-refractivity contribution in [1.29, 1.82) is 5.26 Å². The van der Waals surface area contributed by atoms with Crippen LogP contribution in [0.25, 0.3) is 0 Å². The Bertz CT molecular complexity index is 589. The van der Waals surface area contributed by atoms with Gasteiger partial charge >= 0.3 is 0 Å². The predicted octanol–water partition coefficient (Wildman–Crippen LogP) is 3.56. The van der Waals surface area contributed by atoms with Gasteiger partial charge in [-0.3, -0.25) is 0 Å². The summed E-state index contributed by atoms with van der Waals surface area (Å²) in [4.78, 5) is 1.97. The third-order valence-electron chi connectivity index (χ3n) is 3.25. The molecule has 0 amide bonds. The highest BCUT2D eigenvalue weighted by Crippen LogP contribution is 2.17. The average Bonchev–Trinajstić information content (AvgIpc) is 2.48. The van der Waals surface area contributed by atoms with Crippen LogP contribution in [0.2, 0.25) is 0 Å². The Morgan fingerprint density at radius 2 is 1.75 bits per heavy atom. The van der Waals surface area contributed by atoms with E-state index >= 15 is 0 Å². The normalized spacial score (nSPS) is 12.1. The standard InChI is InChI=1S/C17H17FN2/c1-20(12-15-9-5-6-10-17(15)18)13-16(11-19)14-7-3-2-4-8-14/h2-10,16H,12-13H2,1H3. The summed E-state index contributed by atoms with van der Waals surface area (Å²) in [5, 5.41) is 9.30. The smallest absolute Gasteiger partial charge is 0.127 e. The quantitative estimate of drug-likeness (QED) is 0.829. The molecule has 2 aromatic carbocycles. The fourth-order valence-corrected chi connectivity index (χ4v) is 2.20. The van der Waals surface area contributed by atoms with Gasteiger partial charge in [0.1, 0.15) is 5.82 Å². The van der Waals surface area contributed by atoms with Gasteiger partial charge in [-0.1, -0.05) is 48.5 Å². The molecule has 0 aliphatic heterocycles. The maximum atomic E-state index is 13.6. The maximum Gasteiger partial charge on any atom is 0.127 e. The largest absolute Gasteiger partial charge is 0.300 e. The van der Waals surface area contributed by atoms with E-state index in [4.69, 9.17) is 0 Å².